The van der Waals surface area contributed by atoms with Crippen molar-refractivity contribution in [3.8, 4) is 0 Å². The van der Waals surface area contributed by atoms with Gasteiger partial charge in [-0.25, -0.2) is 9.97 Å². The Balaban J connectivity index is 1.58. The lowest BCUT2D eigenvalue weighted by molar-refractivity contribution is 0.0515. The predicted molar refractivity (Wildman–Crippen MR) is 105 cm³/mol. The van der Waals surface area contributed by atoms with Crippen LogP contribution in [-0.2, 0) is 0 Å². The molecule has 0 bridgehead atoms. The van der Waals surface area contributed by atoms with Crippen LogP contribution in [0.5, 0.6) is 0 Å². The van der Waals surface area contributed by atoms with Crippen molar-refractivity contribution in [3.05, 3.63) is 41.7 Å². The van der Waals surface area contributed by atoms with Crippen molar-refractivity contribution in [1.82, 2.24) is 19.8 Å². The number of nitrogens with one attached hydrogen (secondary N) is 1. The first-order valence-corrected chi connectivity index (χ1v) is 9.80. The lowest BCUT2D eigenvalue weighted by Gasteiger charge is -2.34. The smallest absolute Gasteiger partial charge is 0.289 e. The van der Waals surface area contributed by atoms with E-state index >= 15 is 0 Å². The molecule has 0 spiro atoms. The number of hydrogen-bond acceptors (Lipinski definition) is 6. The van der Waals surface area contributed by atoms with E-state index in [1.54, 1.807) is 34.9 Å². The number of amides is 2. The van der Waals surface area contributed by atoms with E-state index in [1.165, 1.54) is 6.26 Å². The van der Waals surface area contributed by atoms with Gasteiger partial charge in [0.2, 0.25) is 0 Å². The van der Waals surface area contributed by atoms with Gasteiger partial charge in [-0.1, -0.05) is 19.8 Å². The number of unbranched alkanes of at least 4 members (excludes halogenated alkanes) is 2. The SMILES string of the molecule is CCCCCNc1cc(C(=O)N2CCN(C(=O)c3ccco3)CC2)nc(C)n1. The summed E-state index contributed by atoms with van der Waals surface area (Å²) >= 11 is 0. The number of aromatic nitrogens is 2. The van der Waals surface area contributed by atoms with Gasteiger partial charge in [0, 0.05) is 38.8 Å². The number of anilines is 1. The molecule has 1 saturated heterocycles. The maximum atomic E-state index is 12.9. The molecule has 8 heteroatoms. The Bertz CT molecular complexity index is 798. The van der Waals surface area contributed by atoms with Crippen molar-refractivity contribution >= 4 is 17.6 Å². The van der Waals surface area contributed by atoms with E-state index in [0.29, 0.717) is 49.3 Å². The van der Waals surface area contributed by atoms with Gasteiger partial charge in [0.15, 0.2) is 5.76 Å². The Morgan fingerprint density at radius 1 is 1.11 bits per heavy atom. The van der Waals surface area contributed by atoms with Gasteiger partial charge in [0.1, 0.15) is 17.3 Å². The van der Waals surface area contributed by atoms with Crippen LogP contribution in [-0.4, -0.2) is 64.3 Å². The maximum Gasteiger partial charge on any atom is 0.289 e. The molecule has 150 valence electrons. The number of rotatable bonds is 7. The summed E-state index contributed by atoms with van der Waals surface area (Å²) in [5.41, 5.74) is 0.385. The van der Waals surface area contributed by atoms with E-state index in [0.717, 1.165) is 25.8 Å². The van der Waals surface area contributed by atoms with Crippen LogP contribution in [0.15, 0.2) is 28.9 Å². The molecule has 1 fully saturated rings. The summed E-state index contributed by atoms with van der Waals surface area (Å²) in [6, 6.07) is 5.05. The van der Waals surface area contributed by atoms with Gasteiger partial charge in [-0.15, -0.1) is 0 Å². The highest BCUT2D eigenvalue weighted by molar-refractivity contribution is 5.94. The fourth-order valence-electron chi connectivity index (χ4n) is 3.19. The first kappa shape index (κ1) is 19.9. The molecular formula is C20H27N5O3. The topological polar surface area (TPSA) is 91.6 Å². The normalized spacial score (nSPS) is 14.2. The molecule has 1 N–H and O–H groups in total. The minimum absolute atomic E-state index is 0.132. The first-order valence-electron chi connectivity index (χ1n) is 9.80. The number of carbonyl (C=O) groups excluding carboxylic acids is 2. The molecule has 2 aromatic rings. The van der Waals surface area contributed by atoms with E-state index in [4.69, 9.17) is 4.42 Å². The van der Waals surface area contributed by atoms with Crippen LogP contribution in [0.4, 0.5) is 5.82 Å². The molecule has 8 nitrogen and oxygen atoms in total. The molecule has 0 aromatic carbocycles. The standard InChI is InChI=1S/C20H27N5O3/c1-3-4-5-8-21-18-14-16(22-15(2)23-18)19(26)24-9-11-25(12-10-24)20(27)17-7-6-13-28-17/h6-7,13-14H,3-5,8-12H2,1-2H3,(H,21,22,23). The summed E-state index contributed by atoms with van der Waals surface area (Å²) in [5.74, 6) is 1.29. The Hall–Kier alpha value is -2.90. The maximum absolute atomic E-state index is 12.9. The summed E-state index contributed by atoms with van der Waals surface area (Å²) in [5, 5.41) is 3.27. The van der Waals surface area contributed by atoms with Gasteiger partial charge < -0.3 is 19.5 Å². The number of carbonyl (C=O) groups is 2. The third-order valence-corrected chi connectivity index (χ3v) is 4.73. The Morgan fingerprint density at radius 2 is 1.82 bits per heavy atom. The molecule has 28 heavy (non-hydrogen) atoms. The number of aryl methyl sites for hydroxylation is 1. The van der Waals surface area contributed by atoms with Crippen LogP contribution < -0.4 is 5.32 Å². The molecule has 3 rings (SSSR count). The predicted octanol–water partition coefficient (Wildman–Crippen LogP) is 2.58. The monoisotopic (exact) mass is 385 g/mol. The molecule has 2 amide bonds. The number of furan rings is 1. The molecule has 0 aliphatic carbocycles. The average molecular weight is 385 g/mol. The van der Waals surface area contributed by atoms with Crippen molar-refractivity contribution < 1.29 is 14.0 Å². The lowest BCUT2D eigenvalue weighted by Crippen LogP contribution is -2.50. The van der Waals surface area contributed by atoms with Crippen LogP contribution in [0, 0.1) is 6.92 Å². The number of hydrogen-bond donors (Lipinski definition) is 1. The Labute approximate surface area is 164 Å². The minimum Gasteiger partial charge on any atom is -0.459 e. The third-order valence-electron chi connectivity index (χ3n) is 4.73. The molecule has 3 heterocycles. The zero-order chi connectivity index (χ0) is 19.9. The Morgan fingerprint density at radius 3 is 2.46 bits per heavy atom. The molecule has 0 atom stereocenters. The molecule has 2 aromatic heterocycles. The second kappa shape index (κ2) is 9.34. The Kier molecular flexibility index (Phi) is 6.62. The molecule has 0 radical (unpaired) electrons. The minimum atomic E-state index is -0.145. The fourth-order valence-corrected chi connectivity index (χ4v) is 3.19. The van der Waals surface area contributed by atoms with Crippen molar-refractivity contribution in [2.45, 2.75) is 33.1 Å². The van der Waals surface area contributed by atoms with Crippen LogP contribution in [0.1, 0.15) is 53.1 Å². The van der Waals surface area contributed by atoms with E-state index in [2.05, 4.69) is 22.2 Å². The van der Waals surface area contributed by atoms with Gasteiger partial charge in [0.05, 0.1) is 6.26 Å². The van der Waals surface area contributed by atoms with E-state index < -0.39 is 0 Å². The first-order chi connectivity index (χ1) is 13.6. The molecule has 1 aliphatic rings. The quantitative estimate of drug-likeness (QED) is 0.737. The summed E-state index contributed by atoms with van der Waals surface area (Å²) in [6.45, 7) is 6.64. The van der Waals surface area contributed by atoms with E-state index in [-0.39, 0.29) is 11.8 Å². The summed E-state index contributed by atoms with van der Waals surface area (Å²) in [6.07, 6.45) is 4.86. The zero-order valence-electron chi connectivity index (χ0n) is 16.5. The number of piperazine rings is 1. The largest absolute Gasteiger partial charge is 0.459 e. The van der Waals surface area contributed by atoms with Crippen molar-refractivity contribution in [3.63, 3.8) is 0 Å². The van der Waals surface area contributed by atoms with Crippen molar-refractivity contribution in [2.75, 3.05) is 38.0 Å². The van der Waals surface area contributed by atoms with Crippen LogP contribution in [0.3, 0.4) is 0 Å². The molecule has 0 unspecified atom stereocenters. The molecule has 0 saturated carbocycles. The van der Waals surface area contributed by atoms with Gasteiger partial charge in [-0.2, -0.15) is 0 Å². The molecule has 1 aliphatic heterocycles. The van der Waals surface area contributed by atoms with Crippen molar-refractivity contribution in [2.24, 2.45) is 0 Å². The highest BCUT2D eigenvalue weighted by atomic mass is 16.3. The highest BCUT2D eigenvalue weighted by Gasteiger charge is 2.27. The second-order valence-corrected chi connectivity index (χ2v) is 6.88. The second-order valence-electron chi connectivity index (χ2n) is 6.88. The summed E-state index contributed by atoms with van der Waals surface area (Å²) < 4.78 is 5.17. The van der Waals surface area contributed by atoms with E-state index in [9.17, 15) is 9.59 Å². The summed E-state index contributed by atoms with van der Waals surface area (Å²) in [4.78, 5) is 37.3. The third kappa shape index (κ3) is 4.88. The number of nitrogens with zero attached hydrogens (tertiary/aromatic N) is 4. The van der Waals surface area contributed by atoms with E-state index in [1.807, 2.05) is 0 Å². The van der Waals surface area contributed by atoms with Crippen LogP contribution in [0.25, 0.3) is 0 Å². The van der Waals surface area contributed by atoms with Gasteiger partial charge in [0.25, 0.3) is 11.8 Å². The lowest BCUT2D eigenvalue weighted by atomic mass is 10.2. The molecular weight excluding hydrogens is 358 g/mol. The summed E-state index contributed by atoms with van der Waals surface area (Å²) in [7, 11) is 0. The van der Waals surface area contributed by atoms with Crippen molar-refractivity contribution in [1.29, 1.82) is 0 Å². The van der Waals surface area contributed by atoms with Crippen LogP contribution >= 0.6 is 0 Å². The van der Waals surface area contributed by atoms with Crippen LogP contribution in [0.2, 0.25) is 0 Å². The zero-order valence-corrected chi connectivity index (χ0v) is 16.5. The highest BCUT2D eigenvalue weighted by Crippen LogP contribution is 2.14. The average Bonchev–Trinajstić information content (AvgIpc) is 3.25. The fraction of sp³-hybridized carbons (Fsp3) is 0.500. The van der Waals surface area contributed by atoms with Gasteiger partial charge in [-0.05, 0) is 25.5 Å². The van der Waals surface area contributed by atoms with Gasteiger partial charge in [-0.3, -0.25) is 9.59 Å². The van der Waals surface area contributed by atoms with Gasteiger partial charge >= 0.3 is 0 Å².